The molecule has 2 nitrogen and oxygen atoms in total. The van der Waals surface area contributed by atoms with Crippen LogP contribution in [0.15, 0.2) is 18.2 Å². The van der Waals surface area contributed by atoms with Crippen molar-refractivity contribution in [1.29, 1.82) is 0 Å². The van der Waals surface area contributed by atoms with Gasteiger partial charge in [0.25, 0.3) is 0 Å². The Morgan fingerprint density at radius 3 is 2.53 bits per heavy atom. The molecular formula is C15H26N2. The number of benzene rings is 1. The fraction of sp³-hybridized carbons (Fsp3) is 0.600. The van der Waals surface area contributed by atoms with Gasteiger partial charge in [0, 0.05) is 18.8 Å². The van der Waals surface area contributed by atoms with Crippen molar-refractivity contribution in [1.82, 2.24) is 0 Å². The number of aryl methyl sites for hydroxylation is 1. The Kier molecular flexibility index (Phi) is 5.49. The van der Waals surface area contributed by atoms with Gasteiger partial charge in [-0.3, -0.25) is 0 Å². The molecule has 0 amide bonds. The highest BCUT2D eigenvalue weighted by molar-refractivity contribution is 5.60. The summed E-state index contributed by atoms with van der Waals surface area (Å²) in [4.78, 5) is 2.46. The van der Waals surface area contributed by atoms with Gasteiger partial charge in [0.15, 0.2) is 0 Å². The third-order valence-corrected chi connectivity index (χ3v) is 3.22. The first kappa shape index (κ1) is 14.0. The maximum Gasteiger partial charge on any atom is 0.0431 e. The van der Waals surface area contributed by atoms with E-state index in [1.807, 2.05) is 0 Å². The van der Waals surface area contributed by atoms with Gasteiger partial charge in [-0.05, 0) is 43.9 Å². The molecular weight excluding hydrogens is 208 g/mol. The van der Waals surface area contributed by atoms with Crippen LogP contribution in [-0.4, -0.2) is 19.6 Å². The van der Waals surface area contributed by atoms with Crippen LogP contribution in [0.25, 0.3) is 0 Å². The Morgan fingerprint density at radius 2 is 2.00 bits per heavy atom. The zero-order valence-corrected chi connectivity index (χ0v) is 11.7. The van der Waals surface area contributed by atoms with Crippen LogP contribution in [0.4, 0.5) is 5.69 Å². The highest BCUT2D eigenvalue weighted by Crippen LogP contribution is 2.30. The second kappa shape index (κ2) is 6.65. The topological polar surface area (TPSA) is 29.3 Å². The van der Waals surface area contributed by atoms with E-state index in [2.05, 4.69) is 50.8 Å². The number of nitrogens with zero attached hydrogens (tertiary/aromatic N) is 1. The first-order valence-corrected chi connectivity index (χ1v) is 6.66. The Labute approximate surface area is 106 Å². The highest BCUT2D eigenvalue weighted by atomic mass is 15.1. The third kappa shape index (κ3) is 3.47. The molecule has 0 atom stereocenters. The Balaban J connectivity index is 3.07. The molecule has 0 saturated heterocycles. The van der Waals surface area contributed by atoms with E-state index in [0.29, 0.717) is 5.92 Å². The van der Waals surface area contributed by atoms with Gasteiger partial charge in [0.2, 0.25) is 0 Å². The largest absolute Gasteiger partial charge is 0.371 e. The second-order valence-electron chi connectivity index (χ2n) is 4.89. The molecule has 2 N–H and O–H groups in total. The molecule has 0 fully saturated rings. The van der Waals surface area contributed by atoms with Crippen molar-refractivity contribution < 1.29 is 0 Å². The number of hydrogen-bond acceptors (Lipinski definition) is 2. The van der Waals surface area contributed by atoms with Gasteiger partial charge in [-0.2, -0.15) is 0 Å². The first-order valence-electron chi connectivity index (χ1n) is 6.66. The summed E-state index contributed by atoms with van der Waals surface area (Å²) in [6, 6.07) is 6.61. The standard InChI is InChI=1S/C15H26N2/c1-5-17(11-7-10-16)15-13(4)8-6-9-14(15)12(2)3/h6,8-9,12H,5,7,10-11,16H2,1-4H3. The molecule has 0 aliphatic rings. The van der Waals surface area contributed by atoms with Crippen LogP contribution < -0.4 is 10.6 Å². The van der Waals surface area contributed by atoms with Gasteiger partial charge in [0.05, 0.1) is 0 Å². The molecule has 0 saturated carbocycles. The summed E-state index contributed by atoms with van der Waals surface area (Å²) in [6.45, 7) is 11.8. The summed E-state index contributed by atoms with van der Waals surface area (Å²) in [5.41, 5.74) is 9.85. The normalized spacial score (nSPS) is 10.9. The Bertz CT molecular complexity index is 345. The van der Waals surface area contributed by atoms with Crippen LogP contribution in [0.3, 0.4) is 0 Å². The van der Waals surface area contributed by atoms with Crippen molar-refractivity contribution in [3.8, 4) is 0 Å². The minimum atomic E-state index is 0.567. The zero-order valence-electron chi connectivity index (χ0n) is 11.7. The molecule has 0 radical (unpaired) electrons. The highest BCUT2D eigenvalue weighted by Gasteiger charge is 2.14. The van der Waals surface area contributed by atoms with Crippen molar-refractivity contribution in [3.05, 3.63) is 29.3 Å². The molecule has 0 bridgehead atoms. The molecule has 0 unspecified atom stereocenters. The summed E-state index contributed by atoms with van der Waals surface area (Å²) in [7, 11) is 0. The molecule has 1 aromatic carbocycles. The third-order valence-electron chi connectivity index (χ3n) is 3.22. The predicted molar refractivity (Wildman–Crippen MR) is 76.8 cm³/mol. The molecule has 0 heterocycles. The SMILES string of the molecule is CCN(CCCN)c1c(C)cccc1C(C)C. The molecule has 2 heteroatoms. The van der Waals surface area contributed by atoms with E-state index in [0.717, 1.165) is 26.1 Å². The molecule has 0 spiro atoms. The maximum atomic E-state index is 5.62. The van der Waals surface area contributed by atoms with Crippen LogP contribution in [0.5, 0.6) is 0 Å². The van der Waals surface area contributed by atoms with Crippen molar-refractivity contribution >= 4 is 5.69 Å². The summed E-state index contributed by atoms with van der Waals surface area (Å²) in [6.07, 6.45) is 1.06. The van der Waals surface area contributed by atoms with Crippen LogP contribution in [0.1, 0.15) is 44.2 Å². The average molecular weight is 234 g/mol. The van der Waals surface area contributed by atoms with Gasteiger partial charge in [0.1, 0.15) is 0 Å². The van der Waals surface area contributed by atoms with Crippen LogP contribution in [-0.2, 0) is 0 Å². The van der Waals surface area contributed by atoms with Gasteiger partial charge >= 0.3 is 0 Å². The minimum absolute atomic E-state index is 0.567. The quantitative estimate of drug-likeness (QED) is 0.818. The molecule has 1 rings (SSSR count). The van der Waals surface area contributed by atoms with E-state index >= 15 is 0 Å². The molecule has 0 aromatic heterocycles. The van der Waals surface area contributed by atoms with Gasteiger partial charge < -0.3 is 10.6 Å². The van der Waals surface area contributed by atoms with Gasteiger partial charge in [-0.25, -0.2) is 0 Å². The van der Waals surface area contributed by atoms with Gasteiger partial charge in [-0.1, -0.05) is 32.0 Å². The minimum Gasteiger partial charge on any atom is -0.371 e. The summed E-state index contributed by atoms with van der Waals surface area (Å²) >= 11 is 0. The predicted octanol–water partition coefficient (Wildman–Crippen LogP) is 3.29. The monoisotopic (exact) mass is 234 g/mol. The van der Waals surface area contributed by atoms with Crippen molar-refractivity contribution in [2.24, 2.45) is 5.73 Å². The molecule has 96 valence electrons. The first-order chi connectivity index (χ1) is 8.11. The van der Waals surface area contributed by atoms with E-state index in [-0.39, 0.29) is 0 Å². The number of para-hydroxylation sites is 1. The number of nitrogens with two attached hydrogens (primary N) is 1. The molecule has 0 aliphatic carbocycles. The van der Waals surface area contributed by atoms with Crippen molar-refractivity contribution in [2.75, 3.05) is 24.5 Å². The summed E-state index contributed by atoms with van der Waals surface area (Å²) < 4.78 is 0. The van der Waals surface area contributed by atoms with Gasteiger partial charge in [-0.15, -0.1) is 0 Å². The van der Waals surface area contributed by atoms with Crippen LogP contribution in [0, 0.1) is 6.92 Å². The van der Waals surface area contributed by atoms with E-state index in [1.54, 1.807) is 0 Å². The lowest BCUT2D eigenvalue weighted by Gasteiger charge is -2.28. The number of anilines is 1. The number of hydrogen-bond donors (Lipinski definition) is 1. The lowest BCUT2D eigenvalue weighted by atomic mass is 9.97. The second-order valence-corrected chi connectivity index (χ2v) is 4.89. The molecule has 1 aromatic rings. The average Bonchev–Trinajstić information content (AvgIpc) is 2.31. The van der Waals surface area contributed by atoms with Crippen LogP contribution in [0.2, 0.25) is 0 Å². The lowest BCUT2D eigenvalue weighted by Crippen LogP contribution is -2.27. The van der Waals surface area contributed by atoms with Crippen molar-refractivity contribution in [2.45, 2.75) is 40.0 Å². The smallest absolute Gasteiger partial charge is 0.0431 e. The molecule has 17 heavy (non-hydrogen) atoms. The maximum absolute atomic E-state index is 5.62. The van der Waals surface area contributed by atoms with E-state index in [4.69, 9.17) is 5.73 Å². The summed E-state index contributed by atoms with van der Waals surface area (Å²) in [5.74, 6) is 0.567. The van der Waals surface area contributed by atoms with E-state index < -0.39 is 0 Å². The number of rotatable bonds is 6. The fourth-order valence-corrected chi connectivity index (χ4v) is 2.29. The Hall–Kier alpha value is -1.02. The van der Waals surface area contributed by atoms with E-state index in [1.165, 1.54) is 16.8 Å². The summed E-state index contributed by atoms with van der Waals surface area (Å²) in [5, 5.41) is 0. The van der Waals surface area contributed by atoms with E-state index in [9.17, 15) is 0 Å². The zero-order chi connectivity index (χ0) is 12.8. The Morgan fingerprint density at radius 1 is 1.29 bits per heavy atom. The van der Waals surface area contributed by atoms with Crippen LogP contribution >= 0.6 is 0 Å². The fourth-order valence-electron chi connectivity index (χ4n) is 2.29. The molecule has 0 aliphatic heterocycles. The van der Waals surface area contributed by atoms with Crippen molar-refractivity contribution in [3.63, 3.8) is 0 Å². The lowest BCUT2D eigenvalue weighted by molar-refractivity contribution is 0.740.